The first-order valence-corrected chi connectivity index (χ1v) is 17.9. The molecule has 0 saturated carbocycles. The summed E-state index contributed by atoms with van der Waals surface area (Å²) in [6, 6.07) is -0.594. The molecule has 3 unspecified atom stereocenters. The largest absolute Gasteiger partial charge is 0.458 e. The predicted molar refractivity (Wildman–Crippen MR) is 166 cm³/mol. The quantitative estimate of drug-likeness (QED) is 0.371. The normalized spacial score (nSPS) is 35.7. The highest BCUT2D eigenvalue weighted by atomic mass is 32.2. The van der Waals surface area contributed by atoms with Gasteiger partial charge in [0.15, 0.2) is 0 Å². The third-order valence-corrected chi connectivity index (χ3v) is 12.5. The van der Waals surface area contributed by atoms with Crippen LogP contribution >= 0.6 is 11.3 Å². The van der Waals surface area contributed by atoms with Crippen LogP contribution < -0.4 is 0 Å². The Bertz CT molecular complexity index is 1290. The summed E-state index contributed by atoms with van der Waals surface area (Å²) in [5, 5.41) is 24.9. The van der Waals surface area contributed by atoms with E-state index in [2.05, 4.69) is 4.98 Å². The van der Waals surface area contributed by atoms with Crippen LogP contribution in [0.1, 0.15) is 96.7 Å². The number of aliphatic hydroxyl groups excluding tert-OH is 2. The lowest BCUT2D eigenvalue weighted by Gasteiger charge is -2.34. The van der Waals surface area contributed by atoms with Crippen molar-refractivity contribution in [2.45, 2.75) is 123 Å². The topological polar surface area (TPSA) is 137 Å². The Morgan fingerprint density at radius 3 is 2.40 bits per heavy atom. The van der Waals surface area contributed by atoms with Crippen molar-refractivity contribution in [3.8, 4) is 0 Å². The number of ketones is 1. The lowest BCUT2D eigenvalue weighted by Crippen LogP contribution is -2.45. The standard InChI is InChI=1S/C31H49N3O7S2/c1-19-11-10-12-24-25(34(24)43(39,40)33-13-8-7-9-14-33)16-26(20(2)15-23-18-42-22(4)32-23)41-28(36)17-27(35)31(5,6)30(38)21(3)29(19)37/h15,18-19,21,24-27,29,35,37H,7-14,16-17H2,1-6H3/t19-,21+,24+,25?,26?,27-,29-,34?/m0/s1. The maximum atomic E-state index is 13.8. The lowest BCUT2D eigenvalue weighted by molar-refractivity contribution is -0.154. The Labute approximate surface area is 260 Å². The van der Waals surface area contributed by atoms with Gasteiger partial charge in [0.1, 0.15) is 11.9 Å². The minimum atomic E-state index is -3.69. The summed E-state index contributed by atoms with van der Waals surface area (Å²) in [6.07, 6.45) is 3.36. The number of fused-ring (bicyclic) bond motifs is 1. The van der Waals surface area contributed by atoms with Crippen molar-refractivity contribution in [2.24, 2.45) is 17.3 Å². The van der Waals surface area contributed by atoms with Crippen molar-refractivity contribution in [1.29, 1.82) is 0 Å². The van der Waals surface area contributed by atoms with Crippen LogP contribution in [0.4, 0.5) is 0 Å². The lowest BCUT2D eigenvalue weighted by atomic mass is 9.73. The smallest absolute Gasteiger partial charge is 0.309 e. The molecule has 12 heteroatoms. The zero-order valence-electron chi connectivity index (χ0n) is 26.4. The fourth-order valence-electron chi connectivity index (χ4n) is 6.62. The second-order valence-electron chi connectivity index (χ2n) is 13.3. The van der Waals surface area contributed by atoms with Crippen molar-refractivity contribution in [3.63, 3.8) is 0 Å². The number of hydrogen-bond donors (Lipinski definition) is 2. The van der Waals surface area contributed by atoms with Crippen LogP contribution in [0.3, 0.4) is 0 Å². The van der Waals surface area contributed by atoms with Crippen molar-refractivity contribution in [2.75, 3.05) is 13.1 Å². The SMILES string of the molecule is CC(=Cc1csc(C)n1)C1CC2[C@@H](CCC[C@H](C)[C@H](O)[C@@H](C)C(=O)C(C)(C)[C@@H](O)CC(=O)O1)N2S(=O)(=O)N1CCCCC1. The van der Waals surface area contributed by atoms with Gasteiger partial charge in [-0.3, -0.25) is 9.59 Å². The van der Waals surface area contributed by atoms with Crippen LogP contribution in [0.2, 0.25) is 0 Å². The number of rotatable bonds is 4. The van der Waals surface area contributed by atoms with E-state index in [9.17, 15) is 28.2 Å². The second-order valence-corrected chi connectivity index (χ2v) is 16.2. The molecule has 0 spiro atoms. The van der Waals surface area contributed by atoms with E-state index in [0.717, 1.165) is 35.5 Å². The molecular weight excluding hydrogens is 590 g/mol. The molecule has 10 nitrogen and oxygen atoms in total. The molecule has 0 radical (unpaired) electrons. The number of aryl methyl sites for hydroxylation is 1. The Morgan fingerprint density at radius 2 is 1.77 bits per heavy atom. The molecule has 0 bridgehead atoms. The molecule has 4 rings (SSSR count). The van der Waals surface area contributed by atoms with Gasteiger partial charge in [-0.2, -0.15) is 17.0 Å². The molecule has 3 aliphatic rings. The Morgan fingerprint density at radius 1 is 1.09 bits per heavy atom. The number of cyclic esters (lactones) is 1. The van der Waals surface area contributed by atoms with Gasteiger partial charge in [-0.15, -0.1) is 11.3 Å². The van der Waals surface area contributed by atoms with E-state index < -0.39 is 52.2 Å². The van der Waals surface area contributed by atoms with Gasteiger partial charge in [-0.1, -0.05) is 40.5 Å². The third kappa shape index (κ3) is 7.76. The molecule has 1 aromatic heterocycles. The van der Waals surface area contributed by atoms with E-state index >= 15 is 0 Å². The summed E-state index contributed by atoms with van der Waals surface area (Å²) in [4.78, 5) is 31.2. The number of aromatic nitrogens is 1. The maximum absolute atomic E-state index is 13.8. The Kier molecular flexibility index (Phi) is 10.9. The molecule has 3 saturated heterocycles. The van der Waals surface area contributed by atoms with Crippen molar-refractivity contribution in [3.05, 3.63) is 21.7 Å². The molecule has 8 atom stereocenters. The third-order valence-electron chi connectivity index (χ3n) is 9.66. The van der Waals surface area contributed by atoms with Crippen LogP contribution in [-0.2, 0) is 24.5 Å². The highest BCUT2D eigenvalue weighted by molar-refractivity contribution is 7.87. The number of piperidine rings is 1. The number of thiazole rings is 1. The average Bonchev–Trinajstić information content (AvgIpc) is 3.50. The van der Waals surface area contributed by atoms with E-state index in [0.29, 0.717) is 32.4 Å². The molecule has 0 amide bonds. The van der Waals surface area contributed by atoms with Gasteiger partial charge in [0.2, 0.25) is 0 Å². The molecular formula is C31H49N3O7S2. The van der Waals surface area contributed by atoms with E-state index in [1.165, 1.54) is 11.3 Å². The van der Waals surface area contributed by atoms with Crippen LogP contribution in [0.5, 0.6) is 0 Å². The van der Waals surface area contributed by atoms with E-state index in [4.69, 9.17) is 4.74 Å². The summed E-state index contributed by atoms with van der Waals surface area (Å²) >= 11 is 1.51. The predicted octanol–water partition coefficient (Wildman–Crippen LogP) is 4.10. The maximum Gasteiger partial charge on any atom is 0.309 e. The minimum absolute atomic E-state index is 0.200. The summed E-state index contributed by atoms with van der Waals surface area (Å²) in [6.45, 7) is 11.5. The highest BCUT2D eigenvalue weighted by Gasteiger charge is 2.57. The summed E-state index contributed by atoms with van der Waals surface area (Å²) in [7, 11) is -3.69. The fraction of sp³-hybridized carbons (Fsp3) is 0.774. The van der Waals surface area contributed by atoms with Gasteiger partial charge in [-0.05, 0) is 57.1 Å². The molecule has 4 heterocycles. The molecule has 3 fully saturated rings. The van der Waals surface area contributed by atoms with Gasteiger partial charge in [0, 0.05) is 42.9 Å². The van der Waals surface area contributed by atoms with Crippen molar-refractivity contribution >= 4 is 39.4 Å². The Hall–Kier alpha value is -1.70. The van der Waals surface area contributed by atoms with E-state index in [1.807, 2.05) is 32.2 Å². The first-order valence-electron chi connectivity index (χ1n) is 15.6. The molecule has 2 N–H and O–H groups in total. The van der Waals surface area contributed by atoms with Gasteiger partial charge >= 0.3 is 5.97 Å². The number of aliphatic hydroxyl groups is 2. The van der Waals surface area contributed by atoms with Gasteiger partial charge in [0.05, 0.1) is 34.7 Å². The number of nitrogens with zero attached hydrogens (tertiary/aromatic N) is 3. The van der Waals surface area contributed by atoms with Crippen molar-refractivity contribution < 1.29 is 33.0 Å². The molecule has 3 aliphatic heterocycles. The fourth-order valence-corrected chi connectivity index (χ4v) is 9.28. The number of carbonyl (C=O) groups excluding carboxylic acids is 2. The summed E-state index contributed by atoms with van der Waals surface area (Å²) in [5.41, 5.74) is 0.188. The van der Waals surface area contributed by atoms with Gasteiger partial charge in [-0.25, -0.2) is 4.98 Å². The van der Waals surface area contributed by atoms with Crippen LogP contribution in [0, 0.1) is 24.2 Å². The monoisotopic (exact) mass is 639 g/mol. The number of Topliss-reactive ketones (excluding diaryl/α,β-unsaturated/α-hetero) is 1. The first kappa shape index (κ1) is 34.2. The van der Waals surface area contributed by atoms with Crippen LogP contribution in [-0.4, -0.2) is 87.5 Å². The Balaban J connectivity index is 1.66. The molecule has 0 aromatic carbocycles. The first-order chi connectivity index (χ1) is 20.1. The number of ether oxygens (including phenoxy) is 1. The second kappa shape index (κ2) is 13.7. The summed E-state index contributed by atoms with van der Waals surface area (Å²) < 4.78 is 36.7. The highest BCUT2D eigenvalue weighted by Crippen LogP contribution is 2.43. The molecule has 0 aliphatic carbocycles. The van der Waals surface area contributed by atoms with E-state index in [1.54, 1.807) is 29.4 Å². The summed E-state index contributed by atoms with van der Waals surface area (Å²) in [5.74, 6) is -1.93. The minimum Gasteiger partial charge on any atom is -0.458 e. The average molecular weight is 640 g/mol. The van der Waals surface area contributed by atoms with Crippen LogP contribution in [0.15, 0.2) is 11.0 Å². The number of esters is 1. The zero-order chi connectivity index (χ0) is 31.7. The molecule has 1 aromatic rings. The molecule has 242 valence electrons. The van der Waals surface area contributed by atoms with Gasteiger partial charge in [0.25, 0.3) is 10.2 Å². The molecule has 43 heavy (non-hydrogen) atoms. The number of carbonyl (C=O) groups is 2. The van der Waals surface area contributed by atoms with E-state index in [-0.39, 0.29) is 30.2 Å². The van der Waals surface area contributed by atoms with Crippen molar-refractivity contribution in [1.82, 2.24) is 13.6 Å². The number of hydrogen-bond acceptors (Lipinski definition) is 9. The van der Waals surface area contributed by atoms with Gasteiger partial charge < -0.3 is 14.9 Å². The van der Waals surface area contributed by atoms with Crippen LogP contribution in [0.25, 0.3) is 6.08 Å². The zero-order valence-corrected chi connectivity index (χ0v) is 28.0.